The summed E-state index contributed by atoms with van der Waals surface area (Å²) in [6.45, 7) is 6.52. The summed E-state index contributed by atoms with van der Waals surface area (Å²) in [7, 11) is 0. The van der Waals surface area contributed by atoms with Crippen LogP contribution in [0.5, 0.6) is 0 Å². The van der Waals surface area contributed by atoms with Gasteiger partial charge in [-0.3, -0.25) is 9.98 Å². The van der Waals surface area contributed by atoms with Crippen molar-refractivity contribution in [3.05, 3.63) is 30.1 Å². The molecule has 3 nitrogen and oxygen atoms in total. The lowest BCUT2D eigenvalue weighted by atomic mass is 9.44. The van der Waals surface area contributed by atoms with Gasteiger partial charge in [0.15, 0.2) is 0 Å². The van der Waals surface area contributed by atoms with Crippen LogP contribution in [0.25, 0.3) is 0 Å². The van der Waals surface area contributed by atoms with Crippen LogP contribution in [-0.2, 0) is 0 Å². The van der Waals surface area contributed by atoms with E-state index in [2.05, 4.69) is 24.9 Å². The van der Waals surface area contributed by atoms with E-state index < -0.39 is 5.60 Å². The quantitative estimate of drug-likeness (QED) is 0.811. The van der Waals surface area contributed by atoms with Crippen LogP contribution >= 0.6 is 11.6 Å². The summed E-state index contributed by atoms with van der Waals surface area (Å²) in [5.74, 6) is 1.60. The molecule has 2 bridgehead atoms. The number of nitrogens with zero attached hydrogens (tertiary/aromatic N) is 2. The highest BCUT2D eigenvalue weighted by Gasteiger charge is 2.61. The highest BCUT2D eigenvalue weighted by atomic mass is 35.5. The predicted octanol–water partition coefficient (Wildman–Crippen LogP) is 4.40. The molecule has 1 heterocycles. The van der Waals surface area contributed by atoms with Crippen LogP contribution in [-0.4, -0.2) is 27.3 Å². The molecule has 4 heteroatoms. The molecule has 0 radical (unpaired) electrons. The minimum Gasteiger partial charge on any atom is -0.384 e. The van der Waals surface area contributed by atoms with Gasteiger partial charge in [-0.05, 0) is 61.5 Å². The largest absolute Gasteiger partial charge is 0.384 e. The maximum atomic E-state index is 11.1. The first-order chi connectivity index (χ1) is 10.9. The molecule has 1 aromatic rings. The Labute approximate surface area is 144 Å². The van der Waals surface area contributed by atoms with Crippen LogP contribution in [0.3, 0.4) is 0 Å². The van der Waals surface area contributed by atoms with Gasteiger partial charge in [-0.1, -0.05) is 19.9 Å². The number of aliphatic hydroxyl groups is 1. The lowest BCUT2D eigenvalue weighted by Crippen LogP contribution is -2.64. The molecule has 126 valence electrons. The molecule has 0 spiro atoms. The first kappa shape index (κ1) is 16.9. The van der Waals surface area contributed by atoms with E-state index in [1.54, 1.807) is 6.20 Å². The molecule has 3 fully saturated rings. The van der Waals surface area contributed by atoms with Crippen molar-refractivity contribution in [1.82, 2.24) is 4.98 Å². The first-order valence-electron chi connectivity index (χ1n) is 8.62. The van der Waals surface area contributed by atoms with Gasteiger partial charge in [0.1, 0.15) is 5.60 Å². The fourth-order valence-electron chi connectivity index (χ4n) is 4.48. The Bertz CT molecular complexity index is 582. The van der Waals surface area contributed by atoms with E-state index in [1.165, 1.54) is 0 Å². The van der Waals surface area contributed by atoms with Crippen LogP contribution in [0.1, 0.15) is 58.1 Å². The number of alkyl halides is 1. The molecule has 1 N–H and O–H groups in total. The van der Waals surface area contributed by atoms with Crippen molar-refractivity contribution in [2.45, 2.75) is 58.1 Å². The van der Waals surface area contributed by atoms with Gasteiger partial charge < -0.3 is 5.11 Å². The molecule has 0 amide bonds. The Morgan fingerprint density at radius 2 is 2.22 bits per heavy atom. The fraction of sp³-hybridized carbons (Fsp3) is 0.684. The summed E-state index contributed by atoms with van der Waals surface area (Å²) in [4.78, 5) is 9.24. The Morgan fingerprint density at radius 3 is 2.78 bits per heavy atom. The zero-order valence-corrected chi connectivity index (χ0v) is 15.1. The molecule has 3 aliphatic rings. The van der Waals surface area contributed by atoms with E-state index in [9.17, 15) is 5.11 Å². The summed E-state index contributed by atoms with van der Waals surface area (Å²) in [5, 5.41) is 11.1. The van der Waals surface area contributed by atoms with Crippen LogP contribution in [0.15, 0.2) is 29.5 Å². The van der Waals surface area contributed by atoms with Gasteiger partial charge >= 0.3 is 0 Å². The average Bonchev–Trinajstić information content (AvgIpc) is 2.52. The van der Waals surface area contributed by atoms with Crippen LogP contribution < -0.4 is 0 Å². The molecule has 0 saturated heterocycles. The smallest absolute Gasteiger partial charge is 0.103 e. The molecule has 4 rings (SSSR count). The fourth-order valence-corrected chi connectivity index (χ4v) is 4.63. The molecule has 0 aromatic carbocycles. The lowest BCUT2D eigenvalue weighted by Gasteiger charge is -2.62. The van der Waals surface area contributed by atoms with Gasteiger partial charge in [0.05, 0.1) is 6.04 Å². The first-order valence-corrected chi connectivity index (χ1v) is 9.16. The Balaban J connectivity index is 1.88. The number of hydrogen-bond acceptors (Lipinski definition) is 3. The van der Waals surface area contributed by atoms with E-state index in [0.717, 1.165) is 37.0 Å². The number of halogens is 1. The number of hydrogen-bond donors (Lipinski definition) is 1. The highest BCUT2D eigenvalue weighted by molar-refractivity contribution is 6.17. The van der Waals surface area contributed by atoms with Crippen LogP contribution in [0, 0.1) is 17.3 Å². The summed E-state index contributed by atoms with van der Waals surface area (Å²) >= 11 is 5.89. The van der Waals surface area contributed by atoms with Gasteiger partial charge in [0.2, 0.25) is 0 Å². The predicted molar refractivity (Wildman–Crippen MR) is 95.0 cm³/mol. The van der Waals surface area contributed by atoms with E-state index in [0.29, 0.717) is 17.7 Å². The number of rotatable bonds is 5. The second-order valence-electron chi connectivity index (χ2n) is 7.87. The minimum atomic E-state index is -0.792. The van der Waals surface area contributed by atoms with Gasteiger partial charge in [-0.15, -0.1) is 11.6 Å². The van der Waals surface area contributed by atoms with Crippen LogP contribution in [0.2, 0.25) is 0 Å². The molecular formula is C19H27ClN2O. The van der Waals surface area contributed by atoms with Crippen molar-refractivity contribution >= 4 is 17.3 Å². The van der Waals surface area contributed by atoms with Crippen molar-refractivity contribution in [2.75, 3.05) is 5.88 Å². The van der Waals surface area contributed by atoms with Gasteiger partial charge in [0.25, 0.3) is 0 Å². The molecule has 23 heavy (non-hydrogen) atoms. The number of aromatic nitrogens is 1. The summed E-state index contributed by atoms with van der Waals surface area (Å²) in [6.07, 6.45) is 7.51. The molecule has 0 aliphatic heterocycles. The Morgan fingerprint density at radius 1 is 1.43 bits per heavy atom. The molecular weight excluding hydrogens is 308 g/mol. The normalized spacial score (nSPS) is 34.9. The van der Waals surface area contributed by atoms with Crippen LogP contribution in [0.4, 0.5) is 0 Å². The van der Waals surface area contributed by atoms with E-state index >= 15 is 0 Å². The molecule has 0 unspecified atom stereocenters. The second-order valence-corrected chi connectivity index (χ2v) is 8.25. The monoisotopic (exact) mass is 334 g/mol. The summed E-state index contributed by atoms with van der Waals surface area (Å²) in [5.41, 5.74) is 1.52. The zero-order valence-electron chi connectivity index (χ0n) is 14.3. The van der Waals surface area contributed by atoms with Gasteiger partial charge in [0, 0.05) is 24.0 Å². The number of aliphatic imine (C=N–C) groups is 1. The SMILES string of the molecule is CC1(C)[C@H]2C/C(=N/[C@H](CCCCl)c3cccnc3)[C@](C)(O)[C@@H]1C2. The van der Waals surface area contributed by atoms with Gasteiger partial charge in [-0.2, -0.15) is 0 Å². The zero-order chi connectivity index (χ0) is 16.7. The van der Waals surface area contributed by atoms with Crippen molar-refractivity contribution in [3.8, 4) is 0 Å². The summed E-state index contributed by atoms with van der Waals surface area (Å²) < 4.78 is 0. The van der Waals surface area contributed by atoms with E-state index in [4.69, 9.17) is 16.6 Å². The van der Waals surface area contributed by atoms with E-state index in [-0.39, 0.29) is 11.5 Å². The maximum Gasteiger partial charge on any atom is 0.103 e. The Kier molecular flexibility index (Phi) is 4.54. The highest BCUT2D eigenvalue weighted by Crippen LogP contribution is 2.61. The molecule has 1 aromatic heterocycles. The standard InChI is InChI=1S/C19H27ClN2O/c1-18(2)14-10-16(18)19(3,23)17(11-14)22-15(7-4-8-20)13-6-5-9-21-12-13/h5-6,9,12,14-16,23H,4,7-8,10-11H2,1-3H3/b22-17-/t14-,15-,16-,19-/m1/s1. The van der Waals surface area contributed by atoms with E-state index in [1.807, 2.05) is 19.2 Å². The van der Waals surface area contributed by atoms with Crippen molar-refractivity contribution in [2.24, 2.45) is 22.2 Å². The van der Waals surface area contributed by atoms with Crippen molar-refractivity contribution in [3.63, 3.8) is 0 Å². The molecule has 3 aliphatic carbocycles. The number of fused-ring (bicyclic) bond motifs is 2. The minimum absolute atomic E-state index is 0.0459. The molecule has 3 saturated carbocycles. The lowest BCUT2D eigenvalue weighted by molar-refractivity contribution is -0.134. The van der Waals surface area contributed by atoms with Gasteiger partial charge in [-0.25, -0.2) is 0 Å². The maximum absolute atomic E-state index is 11.1. The third-order valence-electron chi connectivity index (χ3n) is 6.17. The Hall–Kier alpha value is -0.930. The summed E-state index contributed by atoms with van der Waals surface area (Å²) in [6, 6.07) is 4.06. The third kappa shape index (κ3) is 2.94. The molecule has 4 atom stereocenters. The topological polar surface area (TPSA) is 45.5 Å². The van der Waals surface area contributed by atoms with Crippen molar-refractivity contribution < 1.29 is 5.11 Å². The van der Waals surface area contributed by atoms with Crippen molar-refractivity contribution in [1.29, 1.82) is 0 Å². The average molecular weight is 335 g/mol. The second kappa shape index (κ2) is 6.18. The number of pyridine rings is 1. The third-order valence-corrected chi connectivity index (χ3v) is 6.43.